The number of carboxylic acids is 1. The van der Waals surface area contributed by atoms with Crippen molar-refractivity contribution in [1.29, 1.82) is 0 Å². The molecule has 146 valence electrons. The molecule has 0 radical (unpaired) electrons. The molecule has 1 rings (SSSR count). The van der Waals surface area contributed by atoms with E-state index >= 15 is 0 Å². The van der Waals surface area contributed by atoms with Crippen molar-refractivity contribution in [3.05, 3.63) is 29.8 Å². The van der Waals surface area contributed by atoms with Crippen molar-refractivity contribution in [3.63, 3.8) is 0 Å². The normalized spacial score (nSPS) is 12.2. The summed E-state index contributed by atoms with van der Waals surface area (Å²) < 4.78 is 26.3. The lowest BCUT2D eigenvalue weighted by Gasteiger charge is -2.31. The average Bonchev–Trinajstić information content (AvgIpc) is 2.59. The smallest absolute Gasteiger partial charge is 0.329 e. The van der Waals surface area contributed by atoms with Gasteiger partial charge in [-0.1, -0.05) is 26.0 Å². The lowest BCUT2D eigenvalue weighted by Crippen LogP contribution is -2.50. The van der Waals surface area contributed by atoms with Crippen LogP contribution in [-0.4, -0.2) is 60.3 Å². The van der Waals surface area contributed by atoms with Crippen molar-refractivity contribution in [2.45, 2.75) is 51.0 Å². The molecule has 0 aromatic heterocycles. The molecule has 0 aliphatic rings. The van der Waals surface area contributed by atoms with Gasteiger partial charge in [0.2, 0.25) is 15.9 Å². The molecule has 0 fully saturated rings. The number of benzene rings is 1. The summed E-state index contributed by atoms with van der Waals surface area (Å²) in [6, 6.07) is 6.45. The van der Waals surface area contributed by atoms with Crippen LogP contribution in [0.2, 0.25) is 0 Å². The van der Waals surface area contributed by atoms with Gasteiger partial charge in [0.15, 0.2) is 0 Å². The van der Waals surface area contributed by atoms with E-state index < -0.39 is 21.5 Å². The monoisotopic (exact) mass is 384 g/mol. The number of hydrogen-bond acceptors (Lipinski definition) is 4. The first-order chi connectivity index (χ1) is 12.0. The predicted octanol–water partition coefficient (Wildman–Crippen LogP) is 1.97. The molecular formula is C18H28N2O5S. The quantitative estimate of drug-likeness (QED) is 0.702. The number of carbonyl (C=O) groups is 2. The molecule has 0 heterocycles. The van der Waals surface area contributed by atoms with Gasteiger partial charge in [0.1, 0.15) is 5.54 Å². The van der Waals surface area contributed by atoms with Gasteiger partial charge in [0, 0.05) is 26.6 Å². The summed E-state index contributed by atoms with van der Waals surface area (Å²) in [5, 5.41) is 9.18. The van der Waals surface area contributed by atoms with E-state index in [0.29, 0.717) is 19.5 Å². The Hall–Kier alpha value is -1.93. The molecule has 0 saturated carbocycles. The third kappa shape index (κ3) is 4.82. The van der Waals surface area contributed by atoms with Crippen LogP contribution in [0.1, 0.15) is 39.7 Å². The van der Waals surface area contributed by atoms with Crippen LogP contribution in [0.15, 0.2) is 29.2 Å². The molecule has 0 atom stereocenters. The van der Waals surface area contributed by atoms with E-state index in [1.807, 2.05) is 0 Å². The number of likely N-dealkylation sites (N-methyl/N-ethyl adjacent to an activating group) is 1. The second kappa shape index (κ2) is 8.64. The van der Waals surface area contributed by atoms with Crippen LogP contribution in [0.25, 0.3) is 0 Å². The van der Waals surface area contributed by atoms with Gasteiger partial charge in [-0.3, -0.25) is 4.79 Å². The number of sulfonamides is 1. The number of aliphatic carboxylic acids is 1. The largest absolute Gasteiger partial charge is 0.480 e. The SMILES string of the molecule is CCN(CC)S(=O)(=O)c1ccc(CCC(=O)N(C)C(C)(C)C(=O)O)cc1. The zero-order chi connectivity index (χ0) is 20.1. The Bertz CT molecular complexity index is 737. The Morgan fingerprint density at radius 2 is 1.58 bits per heavy atom. The van der Waals surface area contributed by atoms with Gasteiger partial charge in [0.05, 0.1) is 4.90 Å². The third-order valence-corrected chi connectivity index (χ3v) is 6.69. The molecule has 1 N–H and O–H groups in total. The van der Waals surface area contributed by atoms with Gasteiger partial charge in [0.25, 0.3) is 0 Å². The van der Waals surface area contributed by atoms with Crippen LogP contribution in [0, 0.1) is 0 Å². The summed E-state index contributed by atoms with van der Waals surface area (Å²) in [6.07, 6.45) is 0.555. The lowest BCUT2D eigenvalue weighted by molar-refractivity contribution is -0.155. The number of aryl methyl sites for hydroxylation is 1. The Balaban J connectivity index is 2.80. The van der Waals surface area contributed by atoms with Crippen molar-refractivity contribution < 1.29 is 23.1 Å². The van der Waals surface area contributed by atoms with Crippen LogP contribution >= 0.6 is 0 Å². The summed E-state index contributed by atoms with van der Waals surface area (Å²) in [5.74, 6) is -1.35. The fourth-order valence-electron chi connectivity index (χ4n) is 2.41. The van der Waals surface area contributed by atoms with Gasteiger partial charge in [-0.15, -0.1) is 0 Å². The standard InChI is InChI=1S/C18H28N2O5S/c1-6-20(7-2)26(24,25)15-11-8-14(9-12-15)10-13-16(21)19(5)18(3,4)17(22)23/h8-9,11-12H,6-7,10,13H2,1-5H3,(H,22,23). The van der Waals surface area contributed by atoms with Crippen LogP contribution < -0.4 is 0 Å². The number of carbonyl (C=O) groups excluding carboxylic acids is 1. The molecule has 0 unspecified atom stereocenters. The second-order valence-electron chi connectivity index (χ2n) is 6.55. The van der Waals surface area contributed by atoms with E-state index in [1.54, 1.807) is 38.1 Å². The summed E-state index contributed by atoms with van der Waals surface area (Å²) in [7, 11) is -2.03. The number of nitrogens with zero attached hydrogens (tertiary/aromatic N) is 2. The molecular weight excluding hydrogens is 356 g/mol. The van der Waals surface area contributed by atoms with Crippen LogP contribution in [0.3, 0.4) is 0 Å². The van der Waals surface area contributed by atoms with E-state index in [1.165, 1.54) is 30.1 Å². The summed E-state index contributed by atoms with van der Waals surface area (Å²) in [4.78, 5) is 24.9. The molecule has 1 aromatic carbocycles. The first-order valence-corrected chi connectivity index (χ1v) is 10.0. The Morgan fingerprint density at radius 1 is 1.08 bits per heavy atom. The molecule has 0 aliphatic heterocycles. The Morgan fingerprint density at radius 3 is 2.00 bits per heavy atom. The summed E-state index contributed by atoms with van der Waals surface area (Å²) in [5.41, 5.74) is -0.461. The number of rotatable bonds is 9. The topological polar surface area (TPSA) is 95.0 Å². The zero-order valence-corrected chi connectivity index (χ0v) is 16.8. The molecule has 0 bridgehead atoms. The molecule has 8 heteroatoms. The Labute approximate surface area is 155 Å². The van der Waals surface area contributed by atoms with E-state index in [-0.39, 0.29) is 17.2 Å². The minimum atomic E-state index is -3.50. The van der Waals surface area contributed by atoms with Gasteiger partial charge in [-0.05, 0) is 38.0 Å². The number of hydrogen-bond donors (Lipinski definition) is 1. The summed E-state index contributed by atoms with van der Waals surface area (Å²) in [6.45, 7) is 7.33. The second-order valence-corrected chi connectivity index (χ2v) is 8.49. The Kier molecular flexibility index (Phi) is 7.35. The van der Waals surface area contributed by atoms with Gasteiger partial charge < -0.3 is 10.0 Å². The molecule has 7 nitrogen and oxygen atoms in total. The molecule has 0 saturated heterocycles. The fourth-order valence-corrected chi connectivity index (χ4v) is 3.87. The highest BCUT2D eigenvalue weighted by molar-refractivity contribution is 7.89. The van der Waals surface area contributed by atoms with E-state index in [0.717, 1.165) is 5.56 Å². The minimum Gasteiger partial charge on any atom is -0.480 e. The highest BCUT2D eigenvalue weighted by atomic mass is 32.2. The number of carboxylic acid groups (broad SMARTS) is 1. The molecule has 1 amide bonds. The van der Waals surface area contributed by atoms with Crippen molar-refractivity contribution >= 4 is 21.9 Å². The van der Waals surface area contributed by atoms with E-state index in [2.05, 4.69) is 0 Å². The van der Waals surface area contributed by atoms with Crippen molar-refractivity contribution in [3.8, 4) is 0 Å². The predicted molar refractivity (Wildman–Crippen MR) is 99.4 cm³/mol. The highest BCUT2D eigenvalue weighted by Crippen LogP contribution is 2.18. The maximum Gasteiger partial charge on any atom is 0.329 e. The van der Waals surface area contributed by atoms with Crippen molar-refractivity contribution in [2.24, 2.45) is 0 Å². The third-order valence-electron chi connectivity index (χ3n) is 4.63. The van der Waals surface area contributed by atoms with Crippen LogP contribution in [0.5, 0.6) is 0 Å². The molecule has 0 spiro atoms. The van der Waals surface area contributed by atoms with Gasteiger partial charge in [-0.2, -0.15) is 4.31 Å². The number of amides is 1. The van der Waals surface area contributed by atoms with Gasteiger partial charge >= 0.3 is 5.97 Å². The first kappa shape index (κ1) is 22.1. The zero-order valence-electron chi connectivity index (χ0n) is 16.0. The van der Waals surface area contributed by atoms with Crippen LogP contribution in [-0.2, 0) is 26.0 Å². The first-order valence-electron chi connectivity index (χ1n) is 8.57. The average molecular weight is 384 g/mol. The maximum absolute atomic E-state index is 12.4. The van der Waals surface area contributed by atoms with Crippen molar-refractivity contribution in [2.75, 3.05) is 20.1 Å². The highest BCUT2D eigenvalue weighted by Gasteiger charge is 2.34. The van der Waals surface area contributed by atoms with Gasteiger partial charge in [-0.25, -0.2) is 13.2 Å². The van der Waals surface area contributed by atoms with E-state index in [4.69, 9.17) is 0 Å². The minimum absolute atomic E-state index is 0.148. The molecule has 0 aliphatic carbocycles. The van der Waals surface area contributed by atoms with E-state index in [9.17, 15) is 23.1 Å². The lowest BCUT2D eigenvalue weighted by atomic mass is 10.0. The fraction of sp³-hybridized carbons (Fsp3) is 0.556. The molecule has 1 aromatic rings. The van der Waals surface area contributed by atoms with Crippen LogP contribution in [0.4, 0.5) is 0 Å². The molecule has 26 heavy (non-hydrogen) atoms. The van der Waals surface area contributed by atoms with Crippen molar-refractivity contribution in [1.82, 2.24) is 9.21 Å². The maximum atomic E-state index is 12.4. The summed E-state index contributed by atoms with van der Waals surface area (Å²) >= 11 is 0.